The molecule has 2 rings (SSSR count). The molecule has 1 aromatic rings. The number of hydrogen-bond acceptors (Lipinski definition) is 4. The largest absolute Gasteiger partial charge is 0.381 e. The molecule has 0 aliphatic carbocycles. The van der Waals surface area contributed by atoms with Gasteiger partial charge in [-0.25, -0.2) is 4.68 Å². The average Bonchev–Trinajstić information content (AvgIpc) is 2.91. The quantitative estimate of drug-likeness (QED) is 0.825. The Bertz CT molecular complexity index is 528. The highest BCUT2D eigenvalue weighted by molar-refractivity contribution is 9.10. The summed E-state index contributed by atoms with van der Waals surface area (Å²) in [5.41, 5.74) is 0.515. The summed E-state index contributed by atoms with van der Waals surface area (Å²) in [7, 11) is 0. The average molecular weight is 325 g/mol. The summed E-state index contributed by atoms with van der Waals surface area (Å²) in [6.45, 7) is 4.32. The van der Waals surface area contributed by atoms with Crippen LogP contribution >= 0.6 is 15.9 Å². The Morgan fingerprint density at radius 3 is 2.89 bits per heavy atom. The normalized spacial score (nSPS) is 15.4. The van der Waals surface area contributed by atoms with Gasteiger partial charge in [-0.05, 0) is 41.9 Å². The van der Waals surface area contributed by atoms with E-state index in [1.54, 1.807) is 6.20 Å². The fourth-order valence-corrected chi connectivity index (χ4v) is 2.59. The van der Waals surface area contributed by atoms with Crippen molar-refractivity contribution < 1.29 is 0 Å². The predicted molar refractivity (Wildman–Crippen MR) is 79.2 cm³/mol. The fraction of sp³-hybridized carbons (Fsp3) is 0.538. The van der Waals surface area contributed by atoms with Crippen LogP contribution in [-0.4, -0.2) is 40.9 Å². The number of nitrogens with one attached hydrogen (secondary N) is 1. The van der Waals surface area contributed by atoms with Gasteiger partial charge in [0, 0.05) is 13.1 Å². The molecule has 0 bridgehead atoms. The molecule has 6 heteroatoms. The van der Waals surface area contributed by atoms with Crippen LogP contribution in [0.25, 0.3) is 0 Å². The van der Waals surface area contributed by atoms with E-state index in [0.29, 0.717) is 4.47 Å². The van der Waals surface area contributed by atoms with Crippen LogP contribution in [0.2, 0.25) is 0 Å². The predicted octanol–water partition coefficient (Wildman–Crippen LogP) is 1.15. The summed E-state index contributed by atoms with van der Waals surface area (Å²) in [6, 6.07) is 0. The topological polar surface area (TPSA) is 50.2 Å². The van der Waals surface area contributed by atoms with Gasteiger partial charge in [-0.3, -0.25) is 4.79 Å². The van der Waals surface area contributed by atoms with Crippen molar-refractivity contribution in [3.05, 3.63) is 21.0 Å². The molecule has 0 radical (unpaired) electrons. The lowest BCUT2D eigenvalue weighted by Gasteiger charge is -2.15. The maximum atomic E-state index is 11.9. The highest BCUT2D eigenvalue weighted by atomic mass is 79.9. The van der Waals surface area contributed by atoms with E-state index in [2.05, 4.69) is 37.2 Å². The van der Waals surface area contributed by atoms with Crippen molar-refractivity contribution in [2.45, 2.75) is 19.4 Å². The Morgan fingerprint density at radius 1 is 1.47 bits per heavy atom. The Morgan fingerprint density at radius 2 is 2.21 bits per heavy atom. The van der Waals surface area contributed by atoms with Gasteiger partial charge < -0.3 is 10.2 Å². The van der Waals surface area contributed by atoms with Gasteiger partial charge in [0.25, 0.3) is 5.56 Å². The van der Waals surface area contributed by atoms with E-state index >= 15 is 0 Å². The van der Waals surface area contributed by atoms with E-state index in [1.165, 1.54) is 30.6 Å². The zero-order chi connectivity index (χ0) is 13.7. The maximum Gasteiger partial charge on any atom is 0.284 e. The minimum absolute atomic E-state index is 0.186. The summed E-state index contributed by atoms with van der Waals surface area (Å²) in [4.78, 5) is 14.3. The third-order valence-electron chi connectivity index (χ3n) is 3.17. The number of nitrogens with zero attached hydrogens (tertiary/aromatic N) is 3. The van der Waals surface area contributed by atoms with E-state index in [1.807, 2.05) is 0 Å². The molecule has 5 nitrogen and oxygen atoms in total. The second-order valence-electron chi connectivity index (χ2n) is 4.51. The highest BCUT2D eigenvalue weighted by Gasteiger charge is 2.11. The summed E-state index contributed by atoms with van der Waals surface area (Å²) >= 11 is 3.30. The standard InChI is InChI=1S/C13H17BrN4O/c1-2-6-18-13(19)12(14)11(10-16-18)15-5-9-17-7-3-4-8-17/h1,10,15H,3-9H2. The molecular formula is C13H17BrN4O. The first-order valence-corrected chi connectivity index (χ1v) is 7.17. The van der Waals surface area contributed by atoms with Gasteiger partial charge in [-0.2, -0.15) is 5.10 Å². The number of likely N-dealkylation sites (tertiary alicyclic amines) is 1. The number of hydrogen-bond donors (Lipinski definition) is 1. The van der Waals surface area contributed by atoms with Crippen LogP contribution < -0.4 is 10.9 Å². The molecule has 0 aromatic carbocycles. The molecule has 0 unspecified atom stereocenters. The number of anilines is 1. The molecule has 1 saturated heterocycles. The van der Waals surface area contributed by atoms with E-state index in [0.717, 1.165) is 18.8 Å². The molecule has 1 aliphatic heterocycles. The van der Waals surface area contributed by atoms with Crippen LogP contribution in [0.15, 0.2) is 15.5 Å². The van der Waals surface area contributed by atoms with Crippen molar-refractivity contribution in [3.63, 3.8) is 0 Å². The lowest BCUT2D eigenvalue weighted by Crippen LogP contribution is -2.28. The minimum atomic E-state index is -0.205. The SMILES string of the molecule is C#CCn1ncc(NCCN2CCCC2)c(Br)c1=O. The molecule has 0 amide bonds. The summed E-state index contributed by atoms with van der Waals surface area (Å²) in [5.74, 6) is 2.40. The molecule has 1 aromatic heterocycles. The number of terminal acetylenes is 1. The summed E-state index contributed by atoms with van der Waals surface area (Å²) in [5, 5.41) is 7.27. The second kappa shape index (κ2) is 6.73. The zero-order valence-electron chi connectivity index (χ0n) is 10.7. The van der Waals surface area contributed by atoms with Gasteiger partial charge in [0.15, 0.2) is 0 Å². The first-order chi connectivity index (χ1) is 9.22. The second-order valence-corrected chi connectivity index (χ2v) is 5.31. The molecule has 0 spiro atoms. The Kier molecular flexibility index (Phi) is 5.00. The van der Waals surface area contributed by atoms with Crippen LogP contribution in [0.1, 0.15) is 12.8 Å². The van der Waals surface area contributed by atoms with Crippen molar-refractivity contribution in [2.24, 2.45) is 0 Å². The van der Waals surface area contributed by atoms with Crippen molar-refractivity contribution >= 4 is 21.6 Å². The van der Waals surface area contributed by atoms with E-state index in [-0.39, 0.29) is 12.1 Å². The van der Waals surface area contributed by atoms with Gasteiger partial charge in [-0.1, -0.05) is 5.92 Å². The van der Waals surface area contributed by atoms with Crippen molar-refractivity contribution in [3.8, 4) is 12.3 Å². The van der Waals surface area contributed by atoms with Crippen molar-refractivity contribution in [2.75, 3.05) is 31.5 Å². The van der Waals surface area contributed by atoms with E-state index in [9.17, 15) is 4.79 Å². The van der Waals surface area contributed by atoms with Gasteiger partial charge >= 0.3 is 0 Å². The van der Waals surface area contributed by atoms with Crippen LogP contribution in [0.4, 0.5) is 5.69 Å². The highest BCUT2D eigenvalue weighted by Crippen LogP contribution is 2.16. The summed E-state index contributed by atoms with van der Waals surface area (Å²) in [6.07, 6.45) is 9.38. The Hall–Kier alpha value is -1.32. The van der Waals surface area contributed by atoms with Crippen molar-refractivity contribution in [1.82, 2.24) is 14.7 Å². The molecular weight excluding hydrogens is 308 g/mol. The molecule has 0 saturated carbocycles. The first kappa shape index (κ1) is 14.1. The van der Waals surface area contributed by atoms with Crippen LogP contribution in [0, 0.1) is 12.3 Å². The molecule has 2 heterocycles. The van der Waals surface area contributed by atoms with Crippen LogP contribution in [0.3, 0.4) is 0 Å². The molecule has 1 aliphatic rings. The lowest BCUT2D eigenvalue weighted by atomic mass is 10.4. The monoisotopic (exact) mass is 324 g/mol. The minimum Gasteiger partial charge on any atom is -0.381 e. The third-order valence-corrected chi connectivity index (χ3v) is 3.93. The molecule has 1 fully saturated rings. The van der Waals surface area contributed by atoms with Gasteiger partial charge in [0.2, 0.25) is 0 Å². The maximum absolute atomic E-state index is 11.9. The molecule has 19 heavy (non-hydrogen) atoms. The molecule has 102 valence electrons. The fourth-order valence-electron chi connectivity index (χ4n) is 2.14. The Balaban J connectivity index is 1.95. The molecule has 0 atom stereocenters. The lowest BCUT2D eigenvalue weighted by molar-refractivity contribution is 0.352. The van der Waals surface area contributed by atoms with Crippen LogP contribution in [-0.2, 0) is 6.54 Å². The molecule has 1 N–H and O–H groups in total. The smallest absolute Gasteiger partial charge is 0.284 e. The Labute approximate surface area is 121 Å². The van der Waals surface area contributed by atoms with Crippen molar-refractivity contribution in [1.29, 1.82) is 0 Å². The van der Waals surface area contributed by atoms with E-state index in [4.69, 9.17) is 6.42 Å². The summed E-state index contributed by atoms with van der Waals surface area (Å²) < 4.78 is 1.75. The van der Waals surface area contributed by atoms with Gasteiger partial charge in [0.05, 0.1) is 11.9 Å². The number of aromatic nitrogens is 2. The van der Waals surface area contributed by atoms with Gasteiger partial charge in [-0.15, -0.1) is 6.42 Å². The third kappa shape index (κ3) is 3.58. The zero-order valence-corrected chi connectivity index (χ0v) is 12.3. The van der Waals surface area contributed by atoms with Gasteiger partial charge in [0.1, 0.15) is 11.0 Å². The number of halogens is 1. The number of rotatable bonds is 5. The van der Waals surface area contributed by atoms with E-state index < -0.39 is 0 Å². The first-order valence-electron chi connectivity index (χ1n) is 6.37. The van der Waals surface area contributed by atoms with Crippen LogP contribution in [0.5, 0.6) is 0 Å².